The van der Waals surface area contributed by atoms with E-state index in [1.807, 2.05) is 0 Å². The second-order valence-electron chi connectivity index (χ2n) is 7.86. The average molecular weight is 329 g/mol. The minimum atomic E-state index is 0.189. The lowest BCUT2D eigenvalue weighted by atomic mass is 10.0. The summed E-state index contributed by atoms with van der Waals surface area (Å²) < 4.78 is 6.19. The van der Waals surface area contributed by atoms with Gasteiger partial charge in [0.1, 0.15) is 12.0 Å². The molecular formula is C21H32N2O. The van der Waals surface area contributed by atoms with E-state index in [9.17, 15) is 0 Å². The van der Waals surface area contributed by atoms with E-state index < -0.39 is 0 Å². The molecule has 3 fully saturated rings. The molecule has 0 bridgehead atoms. The molecule has 24 heavy (non-hydrogen) atoms. The van der Waals surface area contributed by atoms with Crippen LogP contribution in [0.3, 0.4) is 0 Å². The first-order valence-electron chi connectivity index (χ1n) is 10.1. The summed E-state index contributed by atoms with van der Waals surface area (Å²) in [7, 11) is 0. The van der Waals surface area contributed by atoms with E-state index in [1.54, 1.807) is 0 Å². The molecule has 3 aliphatic rings. The Hall–Kier alpha value is -1.06. The van der Waals surface area contributed by atoms with Gasteiger partial charge in [0.15, 0.2) is 0 Å². The molecule has 3 saturated heterocycles. The zero-order valence-electron chi connectivity index (χ0n) is 15.1. The van der Waals surface area contributed by atoms with Crippen molar-refractivity contribution in [3.05, 3.63) is 29.8 Å². The molecule has 0 saturated carbocycles. The minimum Gasteiger partial charge on any atom is -0.475 e. The van der Waals surface area contributed by atoms with Crippen molar-refractivity contribution in [2.75, 3.05) is 19.6 Å². The smallest absolute Gasteiger partial charge is 0.149 e. The normalized spacial score (nSPS) is 30.0. The Balaban J connectivity index is 1.37. The largest absolute Gasteiger partial charge is 0.475 e. The summed E-state index contributed by atoms with van der Waals surface area (Å²) in [6.45, 7) is 5.84. The molecule has 4 rings (SSSR count). The van der Waals surface area contributed by atoms with Gasteiger partial charge in [-0.25, -0.2) is 0 Å². The van der Waals surface area contributed by atoms with Crippen LogP contribution in [0.15, 0.2) is 24.3 Å². The molecule has 3 nitrogen and oxygen atoms in total. The Bertz CT molecular complexity index is 523. The third kappa shape index (κ3) is 3.48. The molecule has 0 radical (unpaired) electrons. The number of likely N-dealkylation sites (tertiary alicyclic amines) is 1. The van der Waals surface area contributed by atoms with Gasteiger partial charge < -0.3 is 4.74 Å². The van der Waals surface area contributed by atoms with Crippen molar-refractivity contribution < 1.29 is 4.74 Å². The van der Waals surface area contributed by atoms with Gasteiger partial charge in [-0.05, 0) is 69.7 Å². The first kappa shape index (κ1) is 16.4. The van der Waals surface area contributed by atoms with Gasteiger partial charge in [0, 0.05) is 25.2 Å². The number of ether oxygens (including phenoxy) is 1. The van der Waals surface area contributed by atoms with Gasteiger partial charge in [0.25, 0.3) is 0 Å². The zero-order chi connectivity index (χ0) is 16.4. The SMILES string of the molecule is CC(Oc1ccc(C2CCC3CCCCN32)cc1)N1CCCCC1. The van der Waals surface area contributed by atoms with E-state index in [0.717, 1.165) is 11.8 Å². The topological polar surface area (TPSA) is 15.7 Å². The van der Waals surface area contributed by atoms with Crippen molar-refractivity contribution in [3.8, 4) is 5.75 Å². The molecule has 0 spiro atoms. The van der Waals surface area contributed by atoms with E-state index in [0.29, 0.717) is 6.04 Å². The minimum absolute atomic E-state index is 0.189. The number of benzene rings is 1. The highest BCUT2D eigenvalue weighted by molar-refractivity contribution is 5.30. The van der Waals surface area contributed by atoms with Gasteiger partial charge in [-0.2, -0.15) is 0 Å². The number of hydrogen-bond acceptors (Lipinski definition) is 3. The molecule has 3 aliphatic heterocycles. The third-order valence-corrected chi connectivity index (χ3v) is 6.32. The molecule has 0 aliphatic carbocycles. The van der Waals surface area contributed by atoms with Crippen molar-refractivity contribution in [3.63, 3.8) is 0 Å². The number of rotatable bonds is 4. The first-order chi connectivity index (χ1) is 11.8. The predicted molar refractivity (Wildman–Crippen MR) is 98.3 cm³/mol. The molecule has 3 unspecified atom stereocenters. The number of hydrogen-bond donors (Lipinski definition) is 0. The summed E-state index contributed by atoms with van der Waals surface area (Å²) >= 11 is 0. The Morgan fingerprint density at radius 3 is 2.42 bits per heavy atom. The monoisotopic (exact) mass is 328 g/mol. The molecule has 0 aromatic heterocycles. The molecule has 1 aromatic carbocycles. The summed E-state index contributed by atoms with van der Waals surface area (Å²) in [5.74, 6) is 1.02. The summed E-state index contributed by atoms with van der Waals surface area (Å²) in [5, 5.41) is 0. The average Bonchev–Trinajstić information content (AvgIpc) is 3.07. The van der Waals surface area contributed by atoms with Gasteiger partial charge in [-0.1, -0.05) is 25.0 Å². The van der Waals surface area contributed by atoms with Crippen molar-refractivity contribution in [2.45, 2.75) is 76.6 Å². The van der Waals surface area contributed by atoms with E-state index >= 15 is 0 Å². The maximum absolute atomic E-state index is 6.19. The standard InChI is InChI=1S/C21H32N2O/c1-17(22-14-4-2-5-15-22)24-20-11-8-18(9-12-20)21-13-10-19-7-3-6-16-23(19)21/h8-9,11-12,17,19,21H,2-7,10,13-16H2,1H3. The molecule has 0 N–H and O–H groups in total. The van der Waals surface area contributed by atoms with Crippen molar-refractivity contribution >= 4 is 0 Å². The van der Waals surface area contributed by atoms with E-state index in [2.05, 4.69) is 41.0 Å². The zero-order valence-corrected chi connectivity index (χ0v) is 15.1. The summed E-state index contributed by atoms with van der Waals surface area (Å²) in [6.07, 6.45) is 11.1. The molecule has 3 atom stereocenters. The Kier molecular flexibility index (Phi) is 5.09. The van der Waals surface area contributed by atoms with Crippen LogP contribution in [0.1, 0.15) is 69.9 Å². The van der Waals surface area contributed by atoms with Crippen LogP contribution in [-0.2, 0) is 0 Å². The number of piperidine rings is 2. The molecule has 132 valence electrons. The van der Waals surface area contributed by atoms with Gasteiger partial charge in [0.05, 0.1) is 0 Å². The maximum atomic E-state index is 6.19. The van der Waals surface area contributed by atoms with E-state index in [4.69, 9.17) is 4.74 Å². The van der Waals surface area contributed by atoms with Crippen LogP contribution in [0.25, 0.3) is 0 Å². The second kappa shape index (κ2) is 7.45. The first-order valence-corrected chi connectivity index (χ1v) is 10.1. The number of fused-ring (bicyclic) bond motifs is 1. The quantitative estimate of drug-likeness (QED) is 0.804. The highest BCUT2D eigenvalue weighted by Crippen LogP contribution is 2.40. The summed E-state index contributed by atoms with van der Waals surface area (Å²) in [5.41, 5.74) is 1.48. The fourth-order valence-electron chi connectivity index (χ4n) is 4.94. The van der Waals surface area contributed by atoms with Crippen LogP contribution in [0.4, 0.5) is 0 Å². The van der Waals surface area contributed by atoms with Crippen LogP contribution in [-0.4, -0.2) is 41.7 Å². The van der Waals surface area contributed by atoms with Crippen LogP contribution < -0.4 is 4.74 Å². The molecule has 3 heteroatoms. The van der Waals surface area contributed by atoms with Crippen LogP contribution >= 0.6 is 0 Å². The molecule has 3 heterocycles. The van der Waals surface area contributed by atoms with Crippen LogP contribution in [0.5, 0.6) is 5.75 Å². The third-order valence-electron chi connectivity index (χ3n) is 6.32. The van der Waals surface area contributed by atoms with Crippen molar-refractivity contribution in [1.82, 2.24) is 9.80 Å². The highest BCUT2D eigenvalue weighted by atomic mass is 16.5. The van der Waals surface area contributed by atoms with Crippen LogP contribution in [0.2, 0.25) is 0 Å². The fraction of sp³-hybridized carbons (Fsp3) is 0.714. The van der Waals surface area contributed by atoms with Crippen molar-refractivity contribution in [1.29, 1.82) is 0 Å². The van der Waals surface area contributed by atoms with Gasteiger partial charge in [0.2, 0.25) is 0 Å². The Morgan fingerprint density at radius 1 is 0.875 bits per heavy atom. The predicted octanol–water partition coefficient (Wildman–Crippen LogP) is 4.59. The lowest BCUT2D eigenvalue weighted by Gasteiger charge is -2.34. The molecule has 1 aromatic rings. The Morgan fingerprint density at radius 2 is 1.62 bits per heavy atom. The molecular weight excluding hydrogens is 296 g/mol. The summed E-state index contributed by atoms with van der Waals surface area (Å²) in [4.78, 5) is 5.22. The summed E-state index contributed by atoms with van der Waals surface area (Å²) in [6, 6.07) is 10.5. The van der Waals surface area contributed by atoms with E-state index in [1.165, 1.54) is 76.6 Å². The maximum Gasteiger partial charge on any atom is 0.149 e. The Labute approximate surface area is 147 Å². The van der Waals surface area contributed by atoms with E-state index in [-0.39, 0.29) is 6.23 Å². The number of nitrogens with zero attached hydrogens (tertiary/aromatic N) is 2. The van der Waals surface area contributed by atoms with Gasteiger partial charge >= 0.3 is 0 Å². The highest BCUT2D eigenvalue weighted by Gasteiger charge is 2.35. The lowest BCUT2D eigenvalue weighted by Crippen LogP contribution is -2.40. The molecule has 0 amide bonds. The van der Waals surface area contributed by atoms with Crippen LogP contribution in [0, 0.1) is 0 Å². The lowest BCUT2D eigenvalue weighted by molar-refractivity contribution is 0.0262. The fourth-order valence-corrected chi connectivity index (χ4v) is 4.94. The van der Waals surface area contributed by atoms with Gasteiger partial charge in [-0.15, -0.1) is 0 Å². The second-order valence-corrected chi connectivity index (χ2v) is 7.86. The van der Waals surface area contributed by atoms with Crippen molar-refractivity contribution in [2.24, 2.45) is 0 Å². The van der Waals surface area contributed by atoms with Gasteiger partial charge in [-0.3, -0.25) is 9.80 Å².